The molecule has 1 atom stereocenters. The predicted molar refractivity (Wildman–Crippen MR) is 105 cm³/mol. The van der Waals surface area contributed by atoms with Crippen molar-refractivity contribution in [3.8, 4) is 5.75 Å². The lowest BCUT2D eigenvalue weighted by Crippen LogP contribution is -2.41. The summed E-state index contributed by atoms with van der Waals surface area (Å²) in [6.07, 6.45) is 1.46. The third kappa shape index (κ3) is 3.45. The minimum Gasteiger partial charge on any atom is -0.480 e. The molecule has 6 nitrogen and oxygen atoms in total. The van der Waals surface area contributed by atoms with E-state index in [9.17, 15) is 0 Å². The van der Waals surface area contributed by atoms with E-state index in [4.69, 9.17) is 19.8 Å². The number of ether oxygens (including phenoxy) is 1. The highest BCUT2D eigenvalue weighted by Gasteiger charge is 2.52. The van der Waals surface area contributed by atoms with Gasteiger partial charge >= 0.3 is 7.12 Å². The van der Waals surface area contributed by atoms with Crippen LogP contribution in [0.5, 0.6) is 5.75 Å². The second-order valence-corrected chi connectivity index (χ2v) is 8.93. The second-order valence-electron chi connectivity index (χ2n) is 7.69. The van der Waals surface area contributed by atoms with Crippen molar-refractivity contribution in [1.82, 2.24) is 9.97 Å². The number of nitrogens with zero attached hydrogens (tertiary/aromatic N) is 2. The first-order chi connectivity index (χ1) is 12.0. The molecular weight excluding hydrogens is 349 g/mol. The molecule has 1 aliphatic rings. The summed E-state index contributed by atoms with van der Waals surface area (Å²) in [6.45, 7) is 14.1. The maximum Gasteiger partial charge on any atom is 0.496 e. The lowest BCUT2D eigenvalue weighted by Gasteiger charge is -2.32. The van der Waals surface area contributed by atoms with E-state index in [1.807, 2.05) is 47.6 Å². The van der Waals surface area contributed by atoms with E-state index in [-0.39, 0.29) is 6.10 Å². The van der Waals surface area contributed by atoms with Gasteiger partial charge in [-0.25, -0.2) is 9.97 Å². The minimum absolute atomic E-state index is 0.218. The van der Waals surface area contributed by atoms with Gasteiger partial charge in [0.15, 0.2) is 11.6 Å². The van der Waals surface area contributed by atoms with E-state index in [0.29, 0.717) is 11.6 Å². The number of hydrogen-bond donors (Lipinski definition) is 1. The van der Waals surface area contributed by atoms with Gasteiger partial charge in [-0.05, 0) is 54.5 Å². The van der Waals surface area contributed by atoms with Crippen molar-refractivity contribution >= 4 is 29.7 Å². The molecule has 0 aliphatic carbocycles. The highest BCUT2D eigenvalue weighted by Crippen LogP contribution is 2.37. The van der Waals surface area contributed by atoms with Crippen LogP contribution in [0.1, 0.15) is 56.3 Å². The van der Waals surface area contributed by atoms with Crippen molar-refractivity contribution in [2.75, 3.05) is 5.73 Å². The van der Waals surface area contributed by atoms with E-state index in [1.54, 1.807) is 17.5 Å². The molecule has 0 radical (unpaired) electrons. The molecule has 3 heterocycles. The van der Waals surface area contributed by atoms with Crippen LogP contribution in [0, 0.1) is 13.8 Å². The second kappa shape index (κ2) is 6.51. The zero-order valence-electron chi connectivity index (χ0n) is 16.4. The topological polar surface area (TPSA) is 79.5 Å². The zero-order valence-corrected chi connectivity index (χ0v) is 17.2. The van der Waals surface area contributed by atoms with Crippen molar-refractivity contribution < 1.29 is 14.0 Å². The molecule has 1 saturated heterocycles. The average molecular weight is 375 g/mol. The molecule has 0 unspecified atom stereocenters. The number of pyridine rings is 1. The monoisotopic (exact) mass is 375 g/mol. The summed E-state index contributed by atoms with van der Waals surface area (Å²) in [6, 6.07) is 1.84. The van der Waals surface area contributed by atoms with Crippen LogP contribution in [-0.4, -0.2) is 28.3 Å². The normalized spacial score (nSPS) is 19.6. The van der Waals surface area contributed by atoms with Crippen molar-refractivity contribution in [2.24, 2.45) is 0 Å². The molecule has 140 valence electrons. The van der Waals surface area contributed by atoms with Gasteiger partial charge in [-0.3, -0.25) is 0 Å². The van der Waals surface area contributed by atoms with Crippen molar-refractivity contribution in [3.05, 3.63) is 27.8 Å². The number of hydrogen-bond acceptors (Lipinski definition) is 7. The van der Waals surface area contributed by atoms with Gasteiger partial charge in [0, 0.05) is 16.5 Å². The van der Waals surface area contributed by atoms with Crippen LogP contribution in [0.2, 0.25) is 0 Å². The van der Waals surface area contributed by atoms with E-state index in [2.05, 4.69) is 16.9 Å². The smallest absolute Gasteiger partial charge is 0.480 e. The average Bonchev–Trinajstić information content (AvgIpc) is 2.98. The highest BCUT2D eigenvalue weighted by atomic mass is 32.1. The molecule has 0 aromatic carbocycles. The summed E-state index contributed by atoms with van der Waals surface area (Å²) in [4.78, 5) is 10.0. The predicted octanol–water partition coefficient (Wildman–Crippen LogP) is 3.18. The fourth-order valence-electron chi connectivity index (χ4n) is 2.59. The van der Waals surface area contributed by atoms with Crippen LogP contribution in [-0.2, 0) is 9.31 Å². The van der Waals surface area contributed by atoms with Gasteiger partial charge in [0.2, 0.25) is 0 Å². The van der Waals surface area contributed by atoms with Crippen LogP contribution in [0.4, 0.5) is 5.82 Å². The molecule has 0 bridgehead atoms. The number of aromatic nitrogens is 2. The van der Waals surface area contributed by atoms with Gasteiger partial charge in [0.1, 0.15) is 11.1 Å². The van der Waals surface area contributed by atoms with Crippen LogP contribution in [0.25, 0.3) is 0 Å². The van der Waals surface area contributed by atoms with Gasteiger partial charge in [0.25, 0.3) is 0 Å². The maximum absolute atomic E-state index is 6.08. The third-order valence-corrected chi connectivity index (χ3v) is 6.36. The summed E-state index contributed by atoms with van der Waals surface area (Å²) < 4.78 is 18.2. The Bertz CT molecular complexity index is 787. The van der Waals surface area contributed by atoms with Gasteiger partial charge < -0.3 is 19.8 Å². The van der Waals surface area contributed by atoms with Crippen LogP contribution < -0.4 is 15.9 Å². The van der Waals surface area contributed by atoms with Crippen LogP contribution in [0.15, 0.2) is 12.3 Å². The van der Waals surface area contributed by atoms with E-state index >= 15 is 0 Å². The van der Waals surface area contributed by atoms with Gasteiger partial charge in [-0.2, -0.15) is 0 Å². The molecule has 2 aromatic rings. The molecule has 1 fully saturated rings. The van der Waals surface area contributed by atoms with Crippen molar-refractivity contribution in [1.29, 1.82) is 0 Å². The molecule has 2 N–H and O–H groups in total. The van der Waals surface area contributed by atoms with Crippen molar-refractivity contribution in [3.63, 3.8) is 0 Å². The molecule has 1 aliphatic heterocycles. The van der Waals surface area contributed by atoms with Gasteiger partial charge in [0.05, 0.1) is 16.9 Å². The van der Waals surface area contributed by atoms with Crippen LogP contribution >= 0.6 is 11.3 Å². The molecule has 3 rings (SSSR count). The lowest BCUT2D eigenvalue weighted by atomic mass is 9.80. The highest BCUT2D eigenvalue weighted by molar-refractivity contribution is 7.11. The Morgan fingerprint density at radius 2 is 1.81 bits per heavy atom. The summed E-state index contributed by atoms with van der Waals surface area (Å²) >= 11 is 1.63. The van der Waals surface area contributed by atoms with Gasteiger partial charge in [-0.15, -0.1) is 11.3 Å². The first kappa shape index (κ1) is 19.1. The summed E-state index contributed by atoms with van der Waals surface area (Å²) in [5.74, 6) is 0.845. The van der Waals surface area contributed by atoms with E-state index in [0.717, 1.165) is 16.2 Å². The molecule has 0 amide bonds. The molecule has 2 aromatic heterocycles. The summed E-state index contributed by atoms with van der Waals surface area (Å²) in [5, 5.41) is 0.917. The number of anilines is 1. The maximum atomic E-state index is 6.08. The number of aryl methyl sites for hydroxylation is 2. The minimum atomic E-state index is -0.505. The Morgan fingerprint density at radius 1 is 1.19 bits per heavy atom. The Kier molecular flexibility index (Phi) is 4.79. The standard InChI is InChI=1S/C18H26BN3O3S/c1-10-12(3)26-16(22-10)11(2)23-14-8-13(9-21-15(14)20)19-24-17(4,5)18(6,7)25-19/h8-9,11H,1-7H3,(H2,20,21)/t11-/m1/s1. The fourth-order valence-corrected chi connectivity index (χ4v) is 3.49. The molecule has 0 spiro atoms. The van der Waals surface area contributed by atoms with E-state index in [1.165, 1.54) is 4.88 Å². The third-order valence-electron chi connectivity index (χ3n) is 5.12. The Hall–Kier alpha value is -1.64. The fraction of sp³-hybridized carbons (Fsp3) is 0.556. The Morgan fingerprint density at radius 3 is 2.35 bits per heavy atom. The molecule has 8 heteroatoms. The number of rotatable bonds is 4. The quantitative estimate of drug-likeness (QED) is 0.827. The first-order valence-electron chi connectivity index (χ1n) is 8.72. The molecule has 26 heavy (non-hydrogen) atoms. The van der Waals surface area contributed by atoms with Crippen LogP contribution in [0.3, 0.4) is 0 Å². The number of nitrogen functional groups attached to an aromatic ring is 1. The summed E-state index contributed by atoms with van der Waals surface area (Å²) in [5.41, 5.74) is 7.00. The number of nitrogens with two attached hydrogens (primary N) is 1. The Labute approximate surface area is 159 Å². The summed E-state index contributed by atoms with van der Waals surface area (Å²) in [7, 11) is -0.505. The Balaban J connectivity index is 1.82. The SMILES string of the molecule is Cc1nc([C@@H](C)Oc2cc(B3OC(C)(C)C(C)(C)O3)cnc2N)sc1C. The zero-order chi connectivity index (χ0) is 19.3. The molecule has 0 saturated carbocycles. The van der Waals surface area contributed by atoms with E-state index < -0.39 is 18.3 Å². The van der Waals surface area contributed by atoms with Gasteiger partial charge in [-0.1, -0.05) is 0 Å². The largest absolute Gasteiger partial charge is 0.496 e. The first-order valence-corrected chi connectivity index (χ1v) is 9.53. The van der Waals surface area contributed by atoms with Crippen molar-refractivity contribution in [2.45, 2.75) is 65.8 Å². The molecular formula is C18H26BN3O3S. The lowest BCUT2D eigenvalue weighted by molar-refractivity contribution is 0.00578. The number of thiazole rings is 1.